The summed E-state index contributed by atoms with van der Waals surface area (Å²) in [6.45, 7) is 4.84. The molecule has 1 heterocycles. The van der Waals surface area contributed by atoms with Gasteiger partial charge in [0.05, 0.1) is 12.6 Å². The first kappa shape index (κ1) is 14.7. The molecule has 1 atom stereocenters. The Balaban J connectivity index is 0.00000196. The number of amides is 1. The first-order valence-electron chi connectivity index (χ1n) is 5.43. The van der Waals surface area contributed by atoms with E-state index in [2.05, 4.69) is 10.6 Å². The van der Waals surface area contributed by atoms with Gasteiger partial charge in [-0.15, -0.1) is 12.4 Å². The lowest BCUT2D eigenvalue weighted by Crippen LogP contribution is -2.47. The highest BCUT2D eigenvalue weighted by molar-refractivity contribution is 5.85. The fourth-order valence-electron chi connectivity index (χ4n) is 1.59. The van der Waals surface area contributed by atoms with E-state index in [4.69, 9.17) is 4.74 Å². The molecule has 1 rings (SSSR count). The van der Waals surface area contributed by atoms with Crippen molar-refractivity contribution in [2.45, 2.75) is 32.2 Å². The largest absolute Gasteiger partial charge is 0.380 e. The topological polar surface area (TPSA) is 50.4 Å². The highest BCUT2D eigenvalue weighted by Crippen LogP contribution is 2.06. The maximum Gasteiger partial charge on any atom is 0.237 e. The minimum atomic E-state index is 0. The van der Waals surface area contributed by atoms with E-state index in [9.17, 15) is 4.79 Å². The third-order valence-electron chi connectivity index (χ3n) is 2.38. The van der Waals surface area contributed by atoms with Crippen LogP contribution < -0.4 is 10.6 Å². The van der Waals surface area contributed by atoms with Crippen molar-refractivity contribution >= 4 is 18.3 Å². The molecule has 1 aliphatic heterocycles. The van der Waals surface area contributed by atoms with Crippen LogP contribution in [0.1, 0.15) is 26.2 Å². The predicted octanol–water partition coefficient (Wildman–Crippen LogP) is 0.703. The third kappa shape index (κ3) is 5.97. The molecule has 0 aromatic rings. The van der Waals surface area contributed by atoms with E-state index in [1.807, 2.05) is 6.92 Å². The molecule has 0 unspecified atom stereocenters. The van der Waals surface area contributed by atoms with Crippen LogP contribution in [-0.2, 0) is 9.53 Å². The lowest BCUT2D eigenvalue weighted by atomic mass is 10.0. The van der Waals surface area contributed by atoms with Gasteiger partial charge in [0, 0.05) is 13.2 Å². The van der Waals surface area contributed by atoms with Gasteiger partial charge < -0.3 is 15.4 Å². The van der Waals surface area contributed by atoms with Crippen LogP contribution in [0.5, 0.6) is 0 Å². The molecule has 1 amide bonds. The Bertz CT molecular complexity index is 173. The van der Waals surface area contributed by atoms with Crippen LogP contribution in [0.2, 0.25) is 0 Å². The lowest BCUT2D eigenvalue weighted by molar-refractivity contribution is -0.123. The highest BCUT2D eigenvalue weighted by Gasteiger charge is 2.19. The van der Waals surface area contributed by atoms with Gasteiger partial charge in [0.15, 0.2) is 0 Å². The molecule has 0 saturated carbocycles. The monoisotopic (exact) mass is 236 g/mol. The minimum Gasteiger partial charge on any atom is -0.380 e. The smallest absolute Gasteiger partial charge is 0.237 e. The van der Waals surface area contributed by atoms with E-state index < -0.39 is 0 Å². The zero-order valence-corrected chi connectivity index (χ0v) is 10.1. The summed E-state index contributed by atoms with van der Waals surface area (Å²) in [5.41, 5.74) is 0. The Morgan fingerprint density at radius 1 is 1.53 bits per heavy atom. The number of hydrogen-bond acceptors (Lipinski definition) is 3. The molecule has 0 aromatic heterocycles. The number of carbonyl (C=O) groups excluding carboxylic acids is 1. The van der Waals surface area contributed by atoms with E-state index >= 15 is 0 Å². The number of ether oxygens (including phenoxy) is 1. The zero-order chi connectivity index (χ0) is 10.2. The molecular weight excluding hydrogens is 216 g/mol. The summed E-state index contributed by atoms with van der Waals surface area (Å²) in [5.74, 6) is 0.115. The molecule has 1 fully saturated rings. The van der Waals surface area contributed by atoms with Crippen molar-refractivity contribution in [2.24, 2.45) is 0 Å². The molecule has 1 aliphatic rings. The van der Waals surface area contributed by atoms with Crippen LogP contribution >= 0.6 is 12.4 Å². The molecule has 15 heavy (non-hydrogen) atoms. The summed E-state index contributed by atoms with van der Waals surface area (Å²) in [4.78, 5) is 11.5. The molecule has 0 radical (unpaired) electrons. The lowest BCUT2D eigenvalue weighted by Gasteiger charge is -2.22. The van der Waals surface area contributed by atoms with E-state index in [0.29, 0.717) is 19.8 Å². The van der Waals surface area contributed by atoms with Crippen molar-refractivity contribution in [3.8, 4) is 0 Å². The van der Waals surface area contributed by atoms with Crippen molar-refractivity contribution in [3.05, 3.63) is 0 Å². The number of piperidine rings is 1. The summed E-state index contributed by atoms with van der Waals surface area (Å²) in [6, 6.07) is 0.0189. The van der Waals surface area contributed by atoms with Crippen LogP contribution in [0.4, 0.5) is 0 Å². The minimum absolute atomic E-state index is 0. The van der Waals surface area contributed by atoms with Gasteiger partial charge in [-0.1, -0.05) is 6.42 Å². The van der Waals surface area contributed by atoms with Crippen molar-refractivity contribution in [1.82, 2.24) is 10.6 Å². The van der Waals surface area contributed by atoms with Crippen molar-refractivity contribution in [1.29, 1.82) is 0 Å². The summed E-state index contributed by atoms with van der Waals surface area (Å²) in [6.07, 6.45) is 3.29. The zero-order valence-electron chi connectivity index (χ0n) is 9.25. The second-order valence-corrected chi connectivity index (χ2v) is 3.49. The molecule has 5 heteroatoms. The predicted molar refractivity (Wildman–Crippen MR) is 62.4 cm³/mol. The Labute approximate surface area is 97.5 Å². The maximum absolute atomic E-state index is 11.5. The van der Waals surface area contributed by atoms with Gasteiger partial charge >= 0.3 is 0 Å². The fourth-order valence-corrected chi connectivity index (χ4v) is 1.59. The Morgan fingerprint density at radius 3 is 2.93 bits per heavy atom. The maximum atomic E-state index is 11.5. The summed E-state index contributed by atoms with van der Waals surface area (Å²) < 4.78 is 5.14. The molecule has 2 N–H and O–H groups in total. The van der Waals surface area contributed by atoms with Crippen LogP contribution in [0.15, 0.2) is 0 Å². The van der Waals surface area contributed by atoms with E-state index in [1.54, 1.807) is 0 Å². The van der Waals surface area contributed by atoms with Crippen molar-refractivity contribution in [3.63, 3.8) is 0 Å². The highest BCUT2D eigenvalue weighted by atomic mass is 35.5. The molecule has 0 aliphatic carbocycles. The fraction of sp³-hybridized carbons (Fsp3) is 0.900. The third-order valence-corrected chi connectivity index (χ3v) is 2.38. The second-order valence-electron chi connectivity index (χ2n) is 3.49. The summed E-state index contributed by atoms with van der Waals surface area (Å²) in [7, 11) is 0. The van der Waals surface area contributed by atoms with Gasteiger partial charge in [0.25, 0.3) is 0 Å². The molecule has 1 saturated heterocycles. The summed E-state index contributed by atoms with van der Waals surface area (Å²) in [5, 5.41) is 6.07. The molecule has 0 spiro atoms. The van der Waals surface area contributed by atoms with E-state index in [-0.39, 0.29) is 24.4 Å². The van der Waals surface area contributed by atoms with Gasteiger partial charge in [0.2, 0.25) is 5.91 Å². The molecular formula is C10H21ClN2O2. The number of rotatable bonds is 5. The van der Waals surface area contributed by atoms with Gasteiger partial charge in [-0.25, -0.2) is 0 Å². The Morgan fingerprint density at radius 2 is 2.33 bits per heavy atom. The molecule has 0 bridgehead atoms. The van der Waals surface area contributed by atoms with E-state index in [0.717, 1.165) is 19.4 Å². The average molecular weight is 237 g/mol. The van der Waals surface area contributed by atoms with Gasteiger partial charge in [-0.05, 0) is 26.3 Å². The van der Waals surface area contributed by atoms with Gasteiger partial charge in [-0.3, -0.25) is 4.79 Å². The van der Waals surface area contributed by atoms with Gasteiger partial charge in [-0.2, -0.15) is 0 Å². The Kier molecular flexibility index (Phi) is 8.76. The quantitative estimate of drug-likeness (QED) is 0.691. The van der Waals surface area contributed by atoms with Crippen LogP contribution in [0.25, 0.3) is 0 Å². The molecule has 90 valence electrons. The number of hydrogen-bond donors (Lipinski definition) is 2. The van der Waals surface area contributed by atoms with Crippen molar-refractivity contribution < 1.29 is 9.53 Å². The molecule has 4 nitrogen and oxygen atoms in total. The Hall–Kier alpha value is -0.320. The van der Waals surface area contributed by atoms with Crippen LogP contribution in [-0.4, -0.2) is 38.3 Å². The second kappa shape index (κ2) is 8.95. The first-order valence-corrected chi connectivity index (χ1v) is 5.43. The SMILES string of the molecule is CCOCCNC(=O)[C@H]1CCCCN1.Cl. The van der Waals surface area contributed by atoms with Crippen LogP contribution in [0.3, 0.4) is 0 Å². The normalized spacial score (nSPS) is 20.5. The number of halogens is 1. The molecule has 0 aromatic carbocycles. The van der Waals surface area contributed by atoms with Crippen molar-refractivity contribution in [2.75, 3.05) is 26.3 Å². The van der Waals surface area contributed by atoms with E-state index in [1.165, 1.54) is 6.42 Å². The summed E-state index contributed by atoms with van der Waals surface area (Å²) >= 11 is 0. The average Bonchev–Trinajstić information content (AvgIpc) is 2.25. The van der Waals surface area contributed by atoms with Gasteiger partial charge in [0.1, 0.15) is 0 Å². The van der Waals surface area contributed by atoms with Crippen LogP contribution in [0, 0.1) is 0 Å². The number of nitrogens with one attached hydrogen (secondary N) is 2. The first-order chi connectivity index (χ1) is 6.84. The standard InChI is InChI=1S/C10H20N2O2.ClH/c1-2-14-8-7-12-10(13)9-5-3-4-6-11-9;/h9,11H,2-8H2,1H3,(H,12,13);1H/t9-;/m1./s1. The number of carbonyl (C=O) groups is 1.